The molecule has 0 radical (unpaired) electrons. The Bertz CT molecular complexity index is 439. The lowest BCUT2D eigenvalue weighted by atomic mass is 10.0. The Hall–Kier alpha value is -1.19. The Morgan fingerprint density at radius 2 is 2.31 bits per heavy atom. The molecule has 0 aliphatic rings. The number of aliphatic hydroxyl groups excluding tert-OH is 1. The topological polar surface area (TPSA) is 33.1 Å². The highest BCUT2D eigenvalue weighted by Crippen LogP contribution is 2.21. The number of aliphatic hydroxyl groups is 1. The van der Waals surface area contributed by atoms with Gasteiger partial charge in [0, 0.05) is 17.5 Å². The maximum Gasteiger partial charge on any atom is 0.0810 e. The van der Waals surface area contributed by atoms with Crippen molar-refractivity contribution in [1.29, 1.82) is 0 Å². The molecule has 0 saturated heterocycles. The lowest BCUT2D eigenvalue weighted by Gasteiger charge is -2.12. The van der Waals surface area contributed by atoms with Gasteiger partial charge in [0.1, 0.15) is 0 Å². The average Bonchev–Trinajstić information content (AvgIpc) is 2.79. The highest BCUT2D eigenvalue weighted by atomic mass is 32.1. The van der Waals surface area contributed by atoms with Gasteiger partial charge in [-0.3, -0.25) is 4.98 Å². The van der Waals surface area contributed by atoms with Crippen molar-refractivity contribution in [1.82, 2.24) is 4.98 Å². The average molecular weight is 233 g/mol. The van der Waals surface area contributed by atoms with Crippen LogP contribution in [0.5, 0.6) is 0 Å². The summed E-state index contributed by atoms with van der Waals surface area (Å²) >= 11 is 1.70. The third kappa shape index (κ3) is 2.68. The predicted molar refractivity (Wildman–Crippen MR) is 66.6 cm³/mol. The molecular formula is C13H15NOS. The number of nitrogens with zero attached hydrogens (tertiary/aromatic N) is 1. The van der Waals surface area contributed by atoms with Crippen molar-refractivity contribution in [3.8, 4) is 0 Å². The van der Waals surface area contributed by atoms with Crippen molar-refractivity contribution in [3.05, 3.63) is 52.0 Å². The Labute approximate surface area is 99.6 Å². The molecule has 0 bridgehead atoms. The van der Waals surface area contributed by atoms with Crippen LogP contribution in [-0.2, 0) is 6.42 Å². The third-order valence-electron chi connectivity index (χ3n) is 2.69. The van der Waals surface area contributed by atoms with E-state index in [9.17, 15) is 5.11 Å². The first-order valence-electron chi connectivity index (χ1n) is 5.38. The molecule has 2 heterocycles. The fourth-order valence-corrected chi connectivity index (χ4v) is 2.45. The zero-order chi connectivity index (χ0) is 11.4. The van der Waals surface area contributed by atoms with Gasteiger partial charge in [0.15, 0.2) is 0 Å². The molecule has 0 aliphatic carbocycles. The second-order valence-corrected chi connectivity index (χ2v) is 4.64. The quantitative estimate of drug-likeness (QED) is 0.880. The second-order valence-electron chi connectivity index (χ2n) is 3.86. The van der Waals surface area contributed by atoms with Gasteiger partial charge in [-0.15, -0.1) is 0 Å². The highest BCUT2D eigenvalue weighted by Gasteiger charge is 2.10. The van der Waals surface area contributed by atoms with Gasteiger partial charge in [0.25, 0.3) is 0 Å². The Kier molecular flexibility index (Phi) is 3.70. The van der Waals surface area contributed by atoms with Crippen molar-refractivity contribution >= 4 is 11.3 Å². The van der Waals surface area contributed by atoms with Gasteiger partial charge in [0.05, 0.1) is 6.10 Å². The van der Waals surface area contributed by atoms with Crippen LogP contribution in [0, 0.1) is 6.92 Å². The summed E-state index contributed by atoms with van der Waals surface area (Å²) in [6.07, 6.45) is 3.01. The minimum atomic E-state index is -0.409. The molecule has 1 atom stereocenters. The number of aryl methyl sites for hydroxylation is 2. The molecule has 0 saturated carbocycles. The number of thiophene rings is 1. The SMILES string of the molecule is Cc1ncccc1C(O)CCc1ccsc1. The number of hydrogen-bond donors (Lipinski definition) is 1. The van der Waals surface area contributed by atoms with E-state index in [0.29, 0.717) is 0 Å². The van der Waals surface area contributed by atoms with E-state index in [1.807, 2.05) is 19.1 Å². The van der Waals surface area contributed by atoms with Crippen LogP contribution in [0.4, 0.5) is 0 Å². The van der Waals surface area contributed by atoms with E-state index in [0.717, 1.165) is 24.1 Å². The van der Waals surface area contributed by atoms with E-state index < -0.39 is 6.10 Å². The first-order valence-corrected chi connectivity index (χ1v) is 6.32. The van der Waals surface area contributed by atoms with Gasteiger partial charge in [-0.25, -0.2) is 0 Å². The molecule has 3 heteroatoms. The molecule has 0 aromatic carbocycles. The summed E-state index contributed by atoms with van der Waals surface area (Å²) in [4.78, 5) is 4.19. The maximum absolute atomic E-state index is 10.1. The monoisotopic (exact) mass is 233 g/mol. The Morgan fingerprint density at radius 1 is 1.44 bits per heavy atom. The van der Waals surface area contributed by atoms with Crippen molar-refractivity contribution in [2.45, 2.75) is 25.9 Å². The van der Waals surface area contributed by atoms with Crippen molar-refractivity contribution in [2.75, 3.05) is 0 Å². The van der Waals surface area contributed by atoms with Gasteiger partial charge in [0.2, 0.25) is 0 Å². The van der Waals surface area contributed by atoms with Crippen molar-refractivity contribution in [2.24, 2.45) is 0 Å². The second kappa shape index (κ2) is 5.23. The van der Waals surface area contributed by atoms with E-state index in [1.165, 1.54) is 5.56 Å². The molecule has 84 valence electrons. The lowest BCUT2D eigenvalue weighted by molar-refractivity contribution is 0.166. The molecule has 0 aliphatic heterocycles. The first kappa shape index (κ1) is 11.3. The Balaban J connectivity index is 1.98. The van der Waals surface area contributed by atoms with E-state index in [1.54, 1.807) is 17.5 Å². The fourth-order valence-electron chi connectivity index (χ4n) is 1.74. The molecule has 1 N–H and O–H groups in total. The minimum absolute atomic E-state index is 0.409. The van der Waals surface area contributed by atoms with Crippen LogP contribution in [-0.4, -0.2) is 10.1 Å². The summed E-state index contributed by atoms with van der Waals surface area (Å²) in [6.45, 7) is 1.93. The number of aromatic nitrogens is 1. The summed E-state index contributed by atoms with van der Waals surface area (Å²) < 4.78 is 0. The van der Waals surface area contributed by atoms with E-state index in [2.05, 4.69) is 21.8 Å². The molecule has 0 spiro atoms. The number of hydrogen-bond acceptors (Lipinski definition) is 3. The molecular weight excluding hydrogens is 218 g/mol. The molecule has 2 aromatic rings. The van der Waals surface area contributed by atoms with Gasteiger partial charge < -0.3 is 5.11 Å². The molecule has 1 unspecified atom stereocenters. The third-order valence-corrected chi connectivity index (χ3v) is 3.43. The summed E-state index contributed by atoms with van der Waals surface area (Å²) in [5.41, 5.74) is 3.16. The molecule has 0 amide bonds. The van der Waals surface area contributed by atoms with Gasteiger partial charge in [-0.2, -0.15) is 11.3 Å². The number of rotatable bonds is 4. The van der Waals surface area contributed by atoms with Crippen LogP contribution in [0.15, 0.2) is 35.2 Å². The van der Waals surface area contributed by atoms with Crippen molar-refractivity contribution < 1.29 is 5.11 Å². The lowest BCUT2D eigenvalue weighted by Crippen LogP contribution is -2.02. The molecule has 2 aromatic heterocycles. The zero-order valence-electron chi connectivity index (χ0n) is 9.26. The van der Waals surface area contributed by atoms with E-state index >= 15 is 0 Å². The molecule has 0 fully saturated rings. The van der Waals surface area contributed by atoms with Crippen LogP contribution in [0.25, 0.3) is 0 Å². The molecule has 16 heavy (non-hydrogen) atoms. The van der Waals surface area contributed by atoms with Crippen LogP contribution < -0.4 is 0 Å². The highest BCUT2D eigenvalue weighted by molar-refractivity contribution is 7.07. The van der Waals surface area contributed by atoms with E-state index in [4.69, 9.17) is 0 Å². The standard InChI is InChI=1S/C13H15NOS/c1-10-12(3-2-7-14-10)13(15)5-4-11-6-8-16-9-11/h2-3,6-9,13,15H,4-5H2,1H3. The smallest absolute Gasteiger partial charge is 0.0810 e. The van der Waals surface area contributed by atoms with Crippen LogP contribution >= 0.6 is 11.3 Å². The van der Waals surface area contributed by atoms with Crippen LogP contribution in [0.2, 0.25) is 0 Å². The van der Waals surface area contributed by atoms with Gasteiger partial charge in [-0.05, 0) is 48.2 Å². The zero-order valence-corrected chi connectivity index (χ0v) is 10.1. The normalized spacial score (nSPS) is 12.6. The fraction of sp³-hybridized carbons (Fsp3) is 0.308. The summed E-state index contributed by atoms with van der Waals surface area (Å²) in [5.74, 6) is 0. The minimum Gasteiger partial charge on any atom is -0.388 e. The molecule has 2 rings (SSSR count). The number of pyridine rings is 1. The van der Waals surface area contributed by atoms with Crippen LogP contribution in [0.1, 0.15) is 29.3 Å². The van der Waals surface area contributed by atoms with E-state index in [-0.39, 0.29) is 0 Å². The molecule has 2 nitrogen and oxygen atoms in total. The van der Waals surface area contributed by atoms with Crippen molar-refractivity contribution in [3.63, 3.8) is 0 Å². The summed E-state index contributed by atoms with van der Waals surface area (Å²) in [7, 11) is 0. The maximum atomic E-state index is 10.1. The predicted octanol–water partition coefficient (Wildman–Crippen LogP) is 3.12. The van der Waals surface area contributed by atoms with Gasteiger partial charge >= 0.3 is 0 Å². The van der Waals surface area contributed by atoms with Gasteiger partial charge in [-0.1, -0.05) is 6.07 Å². The summed E-state index contributed by atoms with van der Waals surface area (Å²) in [5, 5.41) is 14.3. The largest absolute Gasteiger partial charge is 0.388 e. The first-order chi connectivity index (χ1) is 7.77. The van der Waals surface area contributed by atoms with Crippen LogP contribution in [0.3, 0.4) is 0 Å². The Morgan fingerprint density at radius 3 is 3.00 bits per heavy atom. The summed E-state index contributed by atoms with van der Waals surface area (Å²) in [6, 6.07) is 5.92.